The van der Waals surface area contributed by atoms with Gasteiger partial charge in [0.15, 0.2) is 0 Å². The number of ether oxygens (including phenoxy) is 2. The largest absolute Gasteiger partial charge is 0.496 e. The first-order valence-electron chi connectivity index (χ1n) is 8.37. The van der Waals surface area contributed by atoms with Crippen molar-refractivity contribution < 1.29 is 29.3 Å². The summed E-state index contributed by atoms with van der Waals surface area (Å²) < 4.78 is 10.5. The highest BCUT2D eigenvalue weighted by Crippen LogP contribution is 2.24. The first kappa shape index (κ1) is 21.6. The van der Waals surface area contributed by atoms with Crippen LogP contribution in [0.1, 0.15) is 32.8 Å². The van der Waals surface area contributed by atoms with E-state index in [1.54, 1.807) is 39.0 Å². The Bertz CT molecular complexity index is 612. The number of carbonyl (C=O) groups is 2. The minimum atomic E-state index is -1.03. The number of amides is 1. The number of aliphatic hydroxyl groups excluding tert-OH is 1. The number of rotatable bonds is 9. The quantitative estimate of drug-likeness (QED) is 0.527. The molecule has 0 saturated carbocycles. The van der Waals surface area contributed by atoms with E-state index in [-0.39, 0.29) is 19.4 Å². The highest BCUT2D eigenvalue weighted by atomic mass is 16.6. The van der Waals surface area contributed by atoms with Gasteiger partial charge in [0.05, 0.1) is 20.1 Å². The zero-order valence-electron chi connectivity index (χ0n) is 15.7. The number of nitrogens with one attached hydrogen (secondary N) is 2. The molecule has 1 rings (SSSR count). The lowest BCUT2D eigenvalue weighted by atomic mass is 10.0. The number of aliphatic carboxylic acids is 1. The van der Waals surface area contributed by atoms with Gasteiger partial charge in [-0.15, -0.1) is 0 Å². The highest BCUT2D eigenvalue weighted by Gasteiger charge is 2.22. The molecule has 0 spiro atoms. The molecule has 26 heavy (non-hydrogen) atoms. The summed E-state index contributed by atoms with van der Waals surface area (Å²) in [6.07, 6.45) is -0.669. The lowest BCUT2D eigenvalue weighted by molar-refractivity contribution is -0.137. The molecule has 0 fully saturated rings. The predicted octanol–water partition coefficient (Wildman–Crippen LogP) is 2.01. The maximum atomic E-state index is 12.0. The fraction of sp³-hybridized carbons (Fsp3) is 0.556. The predicted molar refractivity (Wildman–Crippen MR) is 97.7 cm³/mol. The third kappa shape index (κ3) is 8.06. The Hall–Kier alpha value is -2.48. The topological polar surface area (TPSA) is 117 Å². The van der Waals surface area contributed by atoms with Crippen molar-refractivity contribution in [2.75, 3.05) is 25.6 Å². The average Bonchev–Trinajstić information content (AvgIpc) is 2.50. The number of methoxy groups -OCH3 is 1. The Morgan fingerprint density at radius 1 is 1.27 bits per heavy atom. The van der Waals surface area contributed by atoms with Crippen LogP contribution in [0.3, 0.4) is 0 Å². The summed E-state index contributed by atoms with van der Waals surface area (Å²) in [4.78, 5) is 23.2. The van der Waals surface area contributed by atoms with Crippen molar-refractivity contribution in [3.05, 3.63) is 23.8 Å². The summed E-state index contributed by atoms with van der Waals surface area (Å²) in [5.74, 6) is -0.444. The van der Waals surface area contributed by atoms with Gasteiger partial charge < -0.3 is 30.3 Å². The molecule has 0 saturated heterocycles. The van der Waals surface area contributed by atoms with E-state index >= 15 is 0 Å². The first-order chi connectivity index (χ1) is 12.1. The molecule has 0 heterocycles. The smallest absolute Gasteiger partial charge is 0.407 e. The fourth-order valence-electron chi connectivity index (χ4n) is 2.37. The van der Waals surface area contributed by atoms with Gasteiger partial charge in [-0.3, -0.25) is 4.79 Å². The lowest BCUT2D eigenvalue weighted by Gasteiger charge is -2.23. The van der Waals surface area contributed by atoms with Gasteiger partial charge in [0.1, 0.15) is 11.4 Å². The first-order valence-corrected chi connectivity index (χ1v) is 8.37. The number of aliphatic hydroxyl groups is 1. The molecular weight excluding hydrogens is 340 g/mol. The van der Waals surface area contributed by atoms with E-state index in [1.807, 2.05) is 0 Å². The second-order valence-corrected chi connectivity index (χ2v) is 6.82. The number of carboxylic acid groups (broad SMARTS) is 1. The summed E-state index contributed by atoms with van der Waals surface area (Å²) in [6, 6.07) is 4.69. The normalized spacial score (nSPS) is 12.2. The summed E-state index contributed by atoms with van der Waals surface area (Å²) in [5, 5.41) is 23.7. The summed E-state index contributed by atoms with van der Waals surface area (Å²) in [7, 11) is 1.52. The molecule has 0 unspecified atom stereocenters. The second-order valence-electron chi connectivity index (χ2n) is 6.82. The molecule has 1 aromatic rings. The van der Waals surface area contributed by atoms with E-state index in [0.29, 0.717) is 12.3 Å². The van der Waals surface area contributed by atoms with E-state index < -0.39 is 23.7 Å². The zero-order chi connectivity index (χ0) is 19.7. The third-order valence-corrected chi connectivity index (χ3v) is 3.33. The Labute approximate surface area is 153 Å². The molecular formula is C18H28N2O6. The molecule has 1 amide bonds. The van der Waals surface area contributed by atoms with Crippen molar-refractivity contribution >= 4 is 17.7 Å². The van der Waals surface area contributed by atoms with Crippen LogP contribution in [-0.4, -0.2) is 54.2 Å². The van der Waals surface area contributed by atoms with Crippen molar-refractivity contribution in [1.29, 1.82) is 0 Å². The number of hydrogen-bond donors (Lipinski definition) is 4. The lowest BCUT2D eigenvalue weighted by Crippen LogP contribution is -2.41. The molecule has 8 heteroatoms. The van der Waals surface area contributed by atoms with Gasteiger partial charge in [0.2, 0.25) is 0 Å². The summed E-state index contributed by atoms with van der Waals surface area (Å²) >= 11 is 0. The maximum absolute atomic E-state index is 12.0. The van der Waals surface area contributed by atoms with Crippen LogP contribution in [0.4, 0.5) is 10.5 Å². The molecule has 1 atom stereocenters. The van der Waals surface area contributed by atoms with Gasteiger partial charge in [-0.25, -0.2) is 4.79 Å². The van der Waals surface area contributed by atoms with Crippen LogP contribution in [0, 0.1) is 0 Å². The van der Waals surface area contributed by atoms with Gasteiger partial charge in [-0.2, -0.15) is 0 Å². The fourth-order valence-corrected chi connectivity index (χ4v) is 2.37. The molecule has 0 aliphatic carbocycles. The highest BCUT2D eigenvalue weighted by molar-refractivity contribution is 5.71. The van der Waals surface area contributed by atoms with Crippen molar-refractivity contribution in [3.63, 3.8) is 0 Å². The summed E-state index contributed by atoms with van der Waals surface area (Å²) in [6.45, 7) is 5.58. The Morgan fingerprint density at radius 3 is 2.50 bits per heavy atom. The van der Waals surface area contributed by atoms with Crippen LogP contribution < -0.4 is 15.4 Å². The Balaban J connectivity index is 2.95. The van der Waals surface area contributed by atoms with Gasteiger partial charge in [0.25, 0.3) is 0 Å². The van der Waals surface area contributed by atoms with Crippen LogP contribution in [0.25, 0.3) is 0 Å². The van der Waals surface area contributed by atoms with Crippen LogP contribution in [0.5, 0.6) is 5.75 Å². The minimum Gasteiger partial charge on any atom is -0.496 e. The average molecular weight is 368 g/mol. The van der Waals surface area contributed by atoms with E-state index in [9.17, 15) is 9.59 Å². The van der Waals surface area contributed by atoms with Gasteiger partial charge in [-0.1, -0.05) is 0 Å². The molecule has 4 N–H and O–H groups in total. The number of alkyl carbamates (subject to hydrolysis) is 1. The second kappa shape index (κ2) is 9.86. The number of carbonyl (C=O) groups excluding carboxylic acids is 1. The molecule has 1 aromatic carbocycles. The van der Waals surface area contributed by atoms with Crippen LogP contribution in [-0.2, 0) is 16.0 Å². The molecule has 8 nitrogen and oxygen atoms in total. The van der Waals surface area contributed by atoms with Crippen molar-refractivity contribution in [2.24, 2.45) is 0 Å². The van der Waals surface area contributed by atoms with Gasteiger partial charge in [-0.05, 0) is 51.0 Å². The van der Waals surface area contributed by atoms with Crippen molar-refractivity contribution in [2.45, 2.75) is 45.3 Å². The van der Waals surface area contributed by atoms with Crippen LogP contribution in [0.2, 0.25) is 0 Å². The number of benzene rings is 1. The minimum absolute atomic E-state index is 0.0107. The maximum Gasteiger partial charge on any atom is 0.407 e. The molecule has 146 valence electrons. The van der Waals surface area contributed by atoms with Crippen molar-refractivity contribution in [1.82, 2.24) is 5.32 Å². The molecule has 0 aliphatic rings. The number of carboxylic acids is 1. The third-order valence-electron chi connectivity index (χ3n) is 3.33. The molecule has 0 bridgehead atoms. The number of anilines is 1. The van der Waals surface area contributed by atoms with Gasteiger partial charge >= 0.3 is 12.1 Å². The van der Waals surface area contributed by atoms with Crippen LogP contribution >= 0.6 is 0 Å². The number of hydrogen-bond acceptors (Lipinski definition) is 6. The van der Waals surface area contributed by atoms with Crippen molar-refractivity contribution in [3.8, 4) is 5.75 Å². The van der Waals surface area contributed by atoms with E-state index in [4.69, 9.17) is 19.7 Å². The monoisotopic (exact) mass is 368 g/mol. The molecule has 0 aliphatic heterocycles. The van der Waals surface area contributed by atoms with E-state index in [2.05, 4.69) is 10.6 Å². The standard InChI is InChI=1S/C18H28N2O6/c1-18(2,3)26-17(24)20-14(11-16(22)23)10-12-9-13(19-7-8-21)5-6-15(12)25-4/h5-6,9,14,19,21H,7-8,10-11H2,1-4H3,(H,20,24)(H,22,23)/t14-/m0/s1. The summed E-state index contributed by atoms with van der Waals surface area (Å²) in [5.41, 5.74) is 0.822. The zero-order valence-corrected chi connectivity index (χ0v) is 15.7. The van der Waals surface area contributed by atoms with Crippen LogP contribution in [0.15, 0.2) is 18.2 Å². The van der Waals surface area contributed by atoms with E-state index in [0.717, 1.165) is 11.3 Å². The van der Waals surface area contributed by atoms with Gasteiger partial charge in [0, 0.05) is 18.3 Å². The Kier molecular flexibility index (Phi) is 8.18. The molecule has 0 aromatic heterocycles. The SMILES string of the molecule is COc1ccc(NCCO)cc1C[C@@H](CC(=O)O)NC(=O)OC(C)(C)C. The van der Waals surface area contributed by atoms with E-state index in [1.165, 1.54) is 7.11 Å². The Morgan fingerprint density at radius 2 is 1.96 bits per heavy atom. The molecule has 0 radical (unpaired) electrons.